The van der Waals surface area contributed by atoms with Crippen LogP contribution in [0.25, 0.3) is 0 Å². The fourth-order valence-corrected chi connectivity index (χ4v) is 2.58. The molecule has 0 radical (unpaired) electrons. The van der Waals surface area contributed by atoms with Crippen molar-refractivity contribution in [3.8, 4) is 0 Å². The van der Waals surface area contributed by atoms with E-state index < -0.39 is 0 Å². The van der Waals surface area contributed by atoms with E-state index in [-0.39, 0.29) is 23.9 Å². The molecule has 5 heteroatoms. The molecule has 0 aromatic carbocycles. The van der Waals surface area contributed by atoms with Gasteiger partial charge in [0.2, 0.25) is 11.8 Å². The van der Waals surface area contributed by atoms with Gasteiger partial charge in [0.15, 0.2) is 0 Å². The predicted molar refractivity (Wildman–Crippen MR) is 80.4 cm³/mol. The zero-order valence-corrected chi connectivity index (χ0v) is 13.2. The highest BCUT2D eigenvalue weighted by molar-refractivity contribution is 5.84. The summed E-state index contributed by atoms with van der Waals surface area (Å²) in [6.45, 7) is 6.23. The molecule has 0 spiro atoms. The minimum atomic E-state index is -0.346. The highest BCUT2D eigenvalue weighted by Crippen LogP contribution is 2.17. The van der Waals surface area contributed by atoms with Gasteiger partial charge in [0, 0.05) is 19.6 Å². The summed E-state index contributed by atoms with van der Waals surface area (Å²) < 4.78 is 0. The topological polar surface area (TPSA) is 61.4 Å². The lowest BCUT2D eigenvalue weighted by Gasteiger charge is -2.27. The molecular formula is C15H29N3O2. The first-order valence-electron chi connectivity index (χ1n) is 7.77. The molecule has 1 saturated carbocycles. The van der Waals surface area contributed by atoms with Crippen LogP contribution >= 0.6 is 0 Å². The van der Waals surface area contributed by atoms with E-state index in [0.29, 0.717) is 12.6 Å². The summed E-state index contributed by atoms with van der Waals surface area (Å²) in [4.78, 5) is 25.7. The lowest BCUT2D eigenvalue weighted by Crippen LogP contribution is -2.53. The van der Waals surface area contributed by atoms with Gasteiger partial charge in [0.25, 0.3) is 0 Å². The van der Waals surface area contributed by atoms with Crippen LogP contribution < -0.4 is 10.6 Å². The maximum atomic E-state index is 12.1. The first kappa shape index (κ1) is 17.0. The predicted octanol–water partition coefficient (Wildman–Crippen LogP) is 1.28. The molecule has 0 heterocycles. The van der Waals surface area contributed by atoms with E-state index in [1.54, 1.807) is 18.9 Å². The van der Waals surface area contributed by atoms with Gasteiger partial charge < -0.3 is 10.2 Å². The van der Waals surface area contributed by atoms with E-state index in [9.17, 15) is 9.59 Å². The Labute approximate surface area is 122 Å². The van der Waals surface area contributed by atoms with Gasteiger partial charge in [0.1, 0.15) is 0 Å². The van der Waals surface area contributed by atoms with Crippen LogP contribution in [-0.4, -0.2) is 48.4 Å². The average molecular weight is 283 g/mol. The lowest BCUT2D eigenvalue weighted by molar-refractivity contribution is -0.132. The summed E-state index contributed by atoms with van der Waals surface area (Å²) in [7, 11) is 1.77. The Morgan fingerprint density at radius 3 is 2.30 bits per heavy atom. The molecule has 2 N–H and O–H groups in total. The quantitative estimate of drug-likeness (QED) is 0.772. The second-order valence-electron chi connectivity index (χ2n) is 5.81. The van der Waals surface area contributed by atoms with Crippen molar-refractivity contribution in [2.45, 2.75) is 71.0 Å². The van der Waals surface area contributed by atoms with Gasteiger partial charge in [-0.2, -0.15) is 0 Å². The second-order valence-corrected chi connectivity index (χ2v) is 5.81. The Bertz CT molecular complexity index is 327. The molecule has 1 rings (SSSR count). The monoisotopic (exact) mass is 283 g/mol. The fraction of sp³-hybridized carbons (Fsp3) is 0.867. The van der Waals surface area contributed by atoms with Crippen molar-refractivity contribution in [2.24, 2.45) is 0 Å². The number of nitrogens with zero attached hydrogens (tertiary/aromatic N) is 1. The van der Waals surface area contributed by atoms with Crippen LogP contribution in [0.1, 0.15) is 52.9 Å². The minimum absolute atomic E-state index is 0.00398. The molecule has 1 aliphatic carbocycles. The summed E-state index contributed by atoms with van der Waals surface area (Å²) in [5, 5.41) is 6.16. The van der Waals surface area contributed by atoms with Crippen molar-refractivity contribution in [3.63, 3.8) is 0 Å². The molecule has 20 heavy (non-hydrogen) atoms. The van der Waals surface area contributed by atoms with Crippen LogP contribution in [0.2, 0.25) is 0 Å². The standard InChI is InChI=1S/C15H29N3O2/c1-5-18(4)15(20)12(3)16-11(2)14(19)17-13-9-7-6-8-10-13/h11-13,16H,5-10H2,1-4H3,(H,17,19). The Hall–Kier alpha value is -1.10. The van der Waals surface area contributed by atoms with Gasteiger partial charge >= 0.3 is 0 Å². The van der Waals surface area contributed by atoms with Gasteiger partial charge in [-0.05, 0) is 33.6 Å². The van der Waals surface area contributed by atoms with Crippen LogP contribution in [0.5, 0.6) is 0 Å². The van der Waals surface area contributed by atoms with E-state index in [1.807, 2.05) is 13.8 Å². The van der Waals surface area contributed by atoms with Crippen LogP contribution in [0, 0.1) is 0 Å². The summed E-state index contributed by atoms with van der Waals surface area (Å²) in [5.74, 6) is 0.0144. The molecule has 2 amide bonds. The van der Waals surface area contributed by atoms with Crippen LogP contribution in [-0.2, 0) is 9.59 Å². The highest BCUT2D eigenvalue weighted by Gasteiger charge is 2.23. The van der Waals surface area contributed by atoms with E-state index in [0.717, 1.165) is 12.8 Å². The second kappa shape index (κ2) is 8.25. The van der Waals surface area contributed by atoms with Crippen molar-refractivity contribution >= 4 is 11.8 Å². The van der Waals surface area contributed by atoms with Crippen molar-refractivity contribution in [1.82, 2.24) is 15.5 Å². The van der Waals surface area contributed by atoms with Crippen molar-refractivity contribution in [2.75, 3.05) is 13.6 Å². The van der Waals surface area contributed by atoms with E-state index >= 15 is 0 Å². The molecule has 0 saturated heterocycles. The Morgan fingerprint density at radius 1 is 1.15 bits per heavy atom. The van der Waals surface area contributed by atoms with E-state index in [1.165, 1.54) is 19.3 Å². The Balaban J connectivity index is 2.38. The SMILES string of the molecule is CCN(C)C(=O)C(C)NC(C)C(=O)NC1CCCCC1. The maximum Gasteiger partial charge on any atom is 0.239 e. The number of likely N-dealkylation sites (N-methyl/N-ethyl adjacent to an activating group) is 1. The van der Waals surface area contributed by atoms with Crippen LogP contribution in [0.3, 0.4) is 0 Å². The number of carbonyl (C=O) groups excluding carboxylic acids is 2. The molecule has 2 unspecified atom stereocenters. The summed E-state index contributed by atoms with van der Waals surface area (Å²) in [6.07, 6.45) is 5.82. The highest BCUT2D eigenvalue weighted by atomic mass is 16.2. The number of nitrogens with one attached hydrogen (secondary N) is 2. The summed E-state index contributed by atoms with van der Waals surface area (Å²) in [5.41, 5.74) is 0. The van der Waals surface area contributed by atoms with E-state index in [4.69, 9.17) is 0 Å². The normalized spacial score (nSPS) is 19.2. The molecule has 0 aromatic heterocycles. The molecule has 0 aromatic rings. The smallest absolute Gasteiger partial charge is 0.239 e. The maximum absolute atomic E-state index is 12.1. The lowest BCUT2D eigenvalue weighted by atomic mass is 9.95. The van der Waals surface area contributed by atoms with Gasteiger partial charge in [-0.15, -0.1) is 0 Å². The summed E-state index contributed by atoms with van der Waals surface area (Å²) in [6, 6.07) is -0.377. The third-order valence-corrected chi connectivity index (χ3v) is 4.07. The van der Waals surface area contributed by atoms with Crippen LogP contribution in [0.15, 0.2) is 0 Å². The van der Waals surface area contributed by atoms with Crippen molar-refractivity contribution in [3.05, 3.63) is 0 Å². The number of rotatable bonds is 6. The largest absolute Gasteiger partial charge is 0.352 e. The third kappa shape index (κ3) is 5.12. The van der Waals surface area contributed by atoms with Crippen LogP contribution in [0.4, 0.5) is 0 Å². The van der Waals surface area contributed by atoms with E-state index in [2.05, 4.69) is 10.6 Å². The Kier molecular flexibility index (Phi) is 6.99. The zero-order chi connectivity index (χ0) is 15.1. The molecule has 2 atom stereocenters. The Morgan fingerprint density at radius 2 is 1.75 bits per heavy atom. The van der Waals surface area contributed by atoms with Gasteiger partial charge in [0.05, 0.1) is 12.1 Å². The van der Waals surface area contributed by atoms with Gasteiger partial charge in [-0.1, -0.05) is 19.3 Å². The van der Waals surface area contributed by atoms with Crippen molar-refractivity contribution in [1.29, 1.82) is 0 Å². The molecule has 1 aliphatic rings. The molecule has 5 nitrogen and oxygen atoms in total. The minimum Gasteiger partial charge on any atom is -0.352 e. The number of amides is 2. The number of carbonyl (C=O) groups is 2. The first-order chi connectivity index (χ1) is 9.45. The van der Waals surface area contributed by atoms with Gasteiger partial charge in [-0.25, -0.2) is 0 Å². The summed E-state index contributed by atoms with van der Waals surface area (Å²) >= 11 is 0. The number of hydrogen-bond acceptors (Lipinski definition) is 3. The molecule has 116 valence electrons. The number of hydrogen-bond donors (Lipinski definition) is 2. The average Bonchev–Trinajstić information content (AvgIpc) is 2.46. The molecule has 0 aliphatic heterocycles. The van der Waals surface area contributed by atoms with Crippen molar-refractivity contribution < 1.29 is 9.59 Å². The zero-order valence-electron chi connectivity index (χ0n) is 13.2. The molecule has 1 fully saturated rings. The molecule has 0 bridgehead atoms. The third-order valence-electron chi connectivity index (χ3n) is 4.07. The molecular weight excluding hydrogens is 254 g/mol. The first-order valence-corrected chi connectivity index (χ1v) is 7.77. The fourth-order valence-electron chi connectivity index (χ4n) is 2.58. The van der Waals surface area contributed by atoms with Gasteiger partial charge in [-0.3, -0.25) is 14.9 Å².